The van der Waals surface area contributed by atoms with Crippen LogP contribution in [0, 0.1) is 0 Å². The van der Waals surface area contributed by atoms with Gasteiger partial charge in [-0.3, -0.25) is 9.59 Å². The van der Waals surface area contributed by atoms with Gasteiger partial charge in [0.25, 0.3) is 0 Å². The summed E-state index contributed by atoms with van der Waals surface area (Å²) in [5.74, 6) is 0.401. The lowest BCUT2D eigenvalue weighted by Gasteiger charge is -2.19. The Morgan fingerprint density at radius 1 is 1.21 bits per heavy atom. The van der Waals surface area contributed by atoms with E-state index in [1.54, 1.807) is 35.2 Å². The van der Waals surface area contributed by atoms with Crippen LogP contribution in [0.15, 0.2) is 47.4 Å². The zero-order chi connectivity index (χ0) is 21.0. The molecule has 0 aliphatic carbocycles. The second-order valence-corrected chi connectivity index (χ2v) is 8.33. The lowest BCUT2D eigenvalue weighted by atomic mass is 10.1. The number of nitrogens with zero attached hydrogens (tertiary/aromatic N) is 1. The number of amides is 2. The van der Waals surface area contributed by atoms with E-state index in [4.69, 9.17) is 9.88 Å². The van der Waals surface area contributed by atoms with E-state index in [0.717, 1.165) is 12.0 Å². The first-order chi connectivity index (χ1) is 13.8. The highest BCUT2D eigenvalue weighted by Gasteiger charge is 2.24. The van der Waals surface area contributed by atoms with E-state index in [2.05, 4.69) is 5.32 Å². The van der Waals surface area contributed by atoms with Crippen LogP contribution in [0.4, 0.5) is 11.4 Å². The Hall–Kier alpha value is -2.91. The summed E-state index contributed by atoms with van der Waals surface area (Å²) in [6.07, 6.45) is 2.02. The minimum absolute atomic E-state index is 0.0365. The molecule has 2 aromatic rings. The maximum Gasteiger partial charge on any atom is 0.238 e. The van der Waals surface area contributed by atoms with Crippen molar-refractivity contribution in [3.8, 4) is 5.75 Å². The number of ether oxygens (including phenoxy) is 1. The SMILES string of the molecule is COc1cc(NC(=O)CCc2ccc(S(N)(=O)=O)cc2)ccc1N1CCCC1=O. The Bertz CT molecular complexity index is 1020. The van der Waals surface area contributed by atoms with Gasteiger partial charge in [0.15, 0.2) is 0 Å². The van der Waals surface area contributed by atoms with Gasteiger partial charge in [0.2, 0.25) is 21.8 Å². The summed E-state index contributed by atoms with van der Waals surface area (Å²) in [5.41, 5.74) is 2.10. The molecular formula is C20H23N3O5S. The van der Waals surface area contributed by atoms with E-state index in [9.17, 15) is 18.0 Å². The number of benzene rings is 2. The van der Waals surface area contributed by atoms with Crippen LogP contribution in [0.5, 0.6) is 5.75 Å². The molecule has 0 unspecified atom stereocenters. The third kappa shape index (κ3) is 5.12. The number of methoxy groups -OCH3 is 1. The van der Waals surface area contributed by atoms with Crippen molar-refractivity contribution in [2.24, 2.45) is 5.14 Å². The van der Waals surface area contributed by atoms with E-state index in [-0.39, 0.29) is 23.1 Å². The van der Waals surface area contributed by atoms with E-state index in [1.807, 2.05) is 0 Å². The first kappa shape index (κ1) is 20.8. The van der Waals surface area contributed by atoms with E-state index in [1.165, 1.54) is 19.2 Å². The van der Waals surface area contributed by atoms with Gasteiger partial charge in [0.05, 0.1) is 17.7 Å². The minimum atomic E-state index is -3.73. The van der Waals surface area contributed by atoms with Gasteiger partial charge in [-0.2, -0.15) is 0 Å². The first-order valence-corrected chi connectivity index (χ1v) is 10.7. The second kappa shape index (κ2) is 8.62. The van der Waals surface area contributed by atoms with Crippen molar-refractivity contribution in [1.29, 1.82) is 0 Å². The summed E-state index contributed by atoms with van der Waals surface area (Å²) in [4.78, 5) is 26.0. The zero-order valence-corrected chi connectivity index (χ0v) is 16.9. The summed E-state index contributed by atoms with van der Waals surface area (Å²) in [6.45, 7) is 0.658. The number of carbonyl (C=O) groups is 2. The van der Waals surface area contributed by atoms with Crippen molar-refractivity contribution in [3.05, 3.63) is 48.0 Å². The van der Waals surface area contributed by atoms with Crippen LogP contribution in [-0.4, -0.2) is 33.9 Å². The number of carbonyl (C=O) groups excluding carboxylic acids is 2. The molecule has 1 aliphatic heterocycles. The van der Waals surface area contributed by atoms with Crippen LogP contribution >= 0.6 is 0 Å². The van der Waals surface area contributed by atoms with Crippen molar-refractivity contribution in [2.75, 3.05) is 23.9 Å². The lowest BCUT2D eigenvalue weighted by Crippen LogP contribution is -2.24. The van der Waals surface area contributed by atoms with Crippen molar-refractivity contribution in [3.63, 3.8) is 0 Å². The molecule has 1 heterocycles. The van der Waals surface area contributed by atoms with Crippen molar-refractivity contribution in [1.82, 2.24) is 0 Å². The molecule has 2 amide bonds. The van der Waals surface area contributed by atoms with Crippen LogP contribution < -0.4 is 20.1 Å². The highest BCUT2D eigenvalue weighted by atomic mass is 32.2. The monoisotopic (exact) mass is 417 g/mol. The smallest absolute Gasteiger partial charge is 0.238 e. The average Bonchev–Trinajstić information content (AvgIpc) is 3.11. The van der Waals surface area contributed by atoms with Gasteiger partial charge in [0, 0.05) is 31.1 Å². The molecule has 29 heavy (non-hydrogen) atoms. The van der Waals surface area contributed by atoms with Crippen LogP contribution in [0.1, 0.15) is 24.8 Å². The Morgan fingerprint density at radius 3 is 2.52 bits per heavy atom. The average molecular weight is 417 g/mol. The van der Waals surface area contributed by atoms with Gasteiger partial charge in [-0.05, 0) is 42.7 Å². The summed E-state index contributed by atoms with van der Waals surface area (Å²) in [7, 11) is -2.20. The Labute approximate surface area is 169 Å². The van der Waals surface area contributed by atoms with Gasteiger partial charge in [0.1, 0.15) is 5.75 Å². The standard InChI is InChI=1S/C20H23N3O5S/c1-28-18-13-15(7-10-17(18)23-12-2-3-20(23)25)22-19(24)11-6-14-4-8-16(9-5-14)29(21,26)27/h4-5,7-10,13H,2-3,6,11-12H2,1H3,(H,22,24)(H2,21,26,27). The van der Waals surface area contributed by atoms with Crippen molar-refractivity contribution < 1.29 is 22.7 Å². The molecule has 0 saturated carbocycles. The van der Waals surface area contributed by atoms with E-state index < -0.39 is 10.0 Å². The highest BCUT2D eigenvalue weighted by Crippen LogP contribution is 2.33. The quantitative estimate of drug-likeness (QED) is 0.715. The number of primary sulfonamides is 1. The number of hydrogen-bond acceptors (Lipinski definition) is 5. The highest BCUT2D eigenvalue weighted by molar-refractivity contribution is 7.89. The number of nitrogens with one attached hydrogen (secondary N) is 1. The number of nitrogens with two attached hydrogens (primary N) is 1. The molecule has 1 fully saturated rings. The lowest BCUT2D eigenvalue weighted by molar-refractivity contribution is -0.117. The molecular weight excluding hydrogens is 394 g/mol. The molecule has 0 aromatic heterocycles. The van der Waals surface area contributed by atoms with Crippen LogP contribution in [-0.2, 0) is 26.0 Å². The fraction of sp³-hybridized carbons (Fsp3) is 0.300. The number of sulfonamides is 1. The molecule has 0 bridgehead atoms. The van der Waals surface area contributed by atoms with Crippen molar-refractivity contribution >= 4 is 33.2 Å². The third-order valence-corrected chi connectivity index (χ3v) is 5.65. The van der Waals surface area contributed by atoms with Gasteiger partial charge >= 0.3 is 0 Å². The number of anilines is 2. The summed E-state index contributed by atoms with van der Waals surface area (Å²) < 4.78 is 27.9. The molecule has 154 valence electrons. The van der Waals surface area contributed by atoms with Gasteiger partial charge in [-0.1, -0.05) is 12.1 Å². The summed E-state index contributed by atoms with van der Waals surface area (Å²) in [6, 6.07) is 11.3. The number of aryl methyl sites for hydroxylation is 1. The number of hydrogen-bond donors (Lipinski definition) is 2. The van der Waals surface area contributed by atoms with Gasteiger partial charge in [-0.25, -0.2) is 13.6 Å². The minimum Gasteiger partial charge on any atom is -0.494 e. The molecule has 3 N–H and O–H groups in total. The normalized spacial score (nSPS) is 14.1. The maximum absolute atomic E-state index is 12.3. The van der Waals surface area contributed by atoms with Crippen molar-refractivity contribution in [2.45, 2.75) is 30.6 Å². The zero-order valence-electron chi connectivity index (χ0n) is 16.1. The Kier molecular flexibility index (Phi) is 6.19. The van der Waals surface area contributed by atoms with Gasteiger partial charge in [-0.15, -0.1) is 0 Å². The molecule has 0 atom stereocenters. The predicted molar refractivity (Wildman–Crippen MR) is 109 cm³/mol. The number of rotatable bonds is 7. The van der Waals surface area contributed by atoms with Gasteiger partial charge < -0.3 is 15.0 Å². The van der Waals surface area contributed by atoms with E-state index >= 15 is 0 Å². The summed E-state index contributed by atoms with van der Waals surface area (Å²) in [5, 5.41) is 7.89. The topological polar surface area (TPSA) is 119 Å². The Balaban J connectivity index is 1.61. The van der Waals surface area contributed by atoms with E-state index in [0.29, 0.717) is 36.5 Å². The molecule has 0 spiro atoms. The van der Waals surface area contributed by atoms with Crippen LogP contribution in [0.2, 0.25) is 0 Å². The second-order valence-electron chi connectivity index (χ2n) is 6.77. The summed E-state index contributed by atoms with van der Waals surface area (Å²) >= 11 is 0. The molecule has 2 aromatic carbocycles. The van der Waals surface area contributed by atoms with Crippen LogP contribution in [0.3, 0.4) is 0 Å². The van der Waals surface area contributed by atoms with Crippen LogP contribution in [0.25, 0.3) is 0 Å². The molecule has 1 aliphatic rings. The molecule has 0 radical (unpaired) electrons. The molecule has 3 rings (SSSR count). The molecule has 9 heteroatoms. The largest absolute Gasteiger partial charge is 0.494 e. The fourth-order valence-electron chi connectivity index (χ4n) is 3.21. The molecule has 8 nitrogen and oxygen atoms in total. The Morgan fingerprint density at radius 2 is 1.93 bits per heavy atom. The first-order valence-electron chi connectivity index (χ1n) is 9.18. The fourth-order valence-corrected chi connectivity index (χ4v) is 3.72. The maximum atomic E-state index is 12.3. The predicted octanol–water partition coefficient (Wildman–Crippen LogP) is 2.04. The molecule has 1 saturated heterocycles. The third-order valence-electron chi connectivity index (χ3n) is 4.72.